The van der Waals surface area contributed by atoms with E-state index in [1.54, 1.807) is 0 Å². The molecule has 176 valence electrons. The van der Waals surface area contributed by atoms with Crippen LogP contribution >= 0.6 is 12.4 Å². The molecular weight excluding hydrogens is 444 g/mol. The standard InChI is InChI=1S/C24H34N2O4Si.ClH/c1-5-23(27)26-22-16-14-21(15-17-22)24(18-19-25,20-12-10-9-11-13-20)31(28-6-2,29-7-3)30-8-4;/h5,9-17H,1,6-8,18-19,25H2,2-4H3,(H,26,27);1H. The highest BCUT2D eigenvalue weighted by Gasteiger charge is 2.62. The molecule has 8 heteroatoms. The first-order valence-electron chi connectivity index (χ1n) is 10.7. The largest absolute Gasteiger partial charge is 0.516 e. The van der Waals surface area contributed by atoms with Crippen molar-refractivity contribution in [3.05, 3.63) is 78.4 Å². The lowest BCUT2D eigenvalue weighted by Gasteiger charge is -2.46. The zero-order chi connectivity index (χ0) is 22.7. The molecule has 0 aliphatic rings. The fourth-order valence-corrected chi connectivity index (χ4v) is 7.62. The van der Waals surface area contributed by atoms with Crippen LogP contribution in [0, 0.1) is 0 Å². The van der Waals surface area contributed by atoms with Crippen LogP contribution in [0.1, 0.15) is 38.3 Å². The van der Waals surface area contributed by atoms with Crippen molar-refractivity contribution in [2.45, 2.75) is 32.2 Å². The lowest BCUT2D eigenvalue weighted by molar-refractivity contribution is -0.111. The number of halogens is 1. The summed E-state index contributed by atoms with van der Waals surface area (Å²) in [4.78, 5) is 11.7. The van der Waals surface area contributed by atoms with E-state index in [1.807, 2.05) is 63.2 Å². The van der Waals surface area contributed by atoms with Gasteiger partial charge in [0.1, 0.15) is 0 Å². The number of nitrogens with two attached hydrogens (primary N) is 1. The van der Waals surface area contributed by atoms with Crippen LogP contribution in [-0.2, 0) is 23.1 Å². The van der Waals surface area contributed by atoms with E-state index in [0.29, 0.717) is 38.5 Å². The molecular formula is C24H35ClN2O4Si. The predicted octanol–water partition coefficient (Wildman–Crippen LogP) is 4.46. The topological polar surface area (TPSA) is 82.8 Å². The molecule has 0 aliphatic heterocycles. The smallest absolute Gasteiger partial charge is 0.373 e. The third-order valence-corrected chi connectivity index (χ3v) is 9.02. The summed E-state index contributed by atoms with van der Waals surface area (Å²) in [6, 6.07) is 17.8. The van der Waals surface area contributed by atoms with Gasteiger partial charge in [0.05, 0.1) is 5.04 Å². The number of hydrogen-bond acceptors (Lipinski definition) is 5. The van der Waals surface area contributed by atoms with Crippen molar-refractivity contribution in [3.63, 3.8) is 0 Å². The molecule has 3 N–H and O–H groups in total. The second-order valence-electron chi connectivity index (χ2n) is 6.94. The third-order valence-electron chi connectivity index (χ3n) is 5.14. The molecule has 2 rings (SSSR count). The number of amides is 1. The van der Waals surface area contributed by atoms with Crippen molar-refractivity contribution >= 4 is 32.8 Å². The fraction of sp³-hybridized carbons (Fsp3) is 0.375. The molecule has 0 saturated heterocycles. The van der Waals surface area contributed by atoms with Gasteiger partial charge in [-0.3, -0.25) is 4.79 Å². The quantitative estimate of drug-likeness (QED) is 0.328. The molecule has 0 heterocycles. The van der Waals surface area contributed by atoms with Crippen LogP contribution in [0.5, 0.6) is 0 Å². The summed E-state index contributed by atoms with van der Waals surface area (Å²) in [5.41, 5.74) is 8.86. The van der Waals surface area contributed by atoms with E-state index in [4.69, 9.17) is 19.0 Å². The summed E-state index contributed by atoms with van der Waals surface area (Å²) in [5, 5.41) is 2.09. The van der Waals surface area contributed by atoms with Crippen molar-refractivity contribution in [3.8, 4) is 0 Å². The fourth-order valence-electron chi connectivity index (χ4n) is 4.00. The van der Waals surface area contributed by atoms with E-state index in [9.17, 15) is 4.79 Å². The van der Waals surface area contributed by atoms with E-state index in [1.165, 1.54) is 6.08 Å². The number of carbonyl (C=O) groups is 1. The Morgan fingerprint density at radius 1 is 0.969 bits per heavy atom. The minimum atomic E-state index is -3.32. The van der Waals surface area contributed by atoms with Gasteiger partial charge in [-0.2, -0.15) is 0 Å². The normalized spacial score (nSPS) is 13.0. The van der Waals surface area contributed by atoms with Gasteiger partial charge in [-0.25, -0.2) is 0 Å². The number of rotatable bonds is 13. The molecule has 0 bridgehead atoms. The van der Waals surface area contributed by atoms with Gasteiger partial charge < -0.3 is 24.3 Å². The number of benzene rings is 2. The van der Waals surface area contributed by atoms with Crippen LogP contribution in [0.4, 0.5) is 5.69 Å². The van der Waals surface area contributed by atoms with Crippen LogP contribution in [0.15, 0.2) is 67.3 Å². The average Bonchev–Trinajstić information content (AvgIpc) is 2.79. The van der Waals surface area contributed by atoms with Crippen molar-refractivity contribution in [2.75, 3.05) is 31.7 Å². The molecule has 1 amide bonds. The van der Waals surface area contributed by atoms with Gasteiger partial charge in [-0.05, 0) is 63.1 Å². The highest BCUT2D eigenvalue weighted by Crippen LogP contribution is 2.45. The Hall–Kier alpha value is -2.00. The summed E-state index contributed by atoms with van der Waals surface area (Å²) in [6.45, 7) is 11.1. The summed E-state index contributed by atoms with van der Waals surface area (Å²) in [7, 11) is -3.32. The Balaban J connectivity index is 0.00000512. The Kier molecular flexibility index (Phi) is 11.8. The number of hydrogen-bond donors (Lipinski definition) is 2. The molecule has 1 unspecified atom stereocenters. The van der Waals surface area contributed by atoms with Gasteiger partial charge in [-0.15, -0.1) is 12.4 Å². The van der Waals surface area contributed by atoms with Gasteiger partial charge >= 0.3 is 8.80 Å². The first-order chi connectivity index (χ1) is 15.0. The molecule has 32 heavy (non-hydrogen) atoms. The van der Waals surface area contributed by atoms with E-state index in [-0.39, 0.29) is 18.3 Å². The van der Waals surface area contributed by atoms with Crippen molar-refractivity contribution in [1.82, 2.24) is 0 Å². The first kappa shape index (κ1) is 28.0. The highest BCUT2D eigenvalue weighted by molar-refractivity contribution is 6.65. The SMILES string of the molecule is C=CC(=O)Nc1ccc(C(CCN)(c2ccccc2)[Si](OCC)(OCC)OCC)cc1.Cl. The van der Waals surface area contributed by atoms with E-state index in [0.717, 1.165) is 11.1 Å². The van der Waals surface area contributed by atoms with Gasteiger partial charge in [0.2, 0.25) is 5.91 Å². The van der Waals surface area contributed by atoms with E-state index >= 15 is 0 Å². The van der Waals surface area contributed by atoms with Crippen molar-refractivity contribution in [2.24, 2.45) is 5.73 Å². The molecule has 1 atom stereocenters. The lowest BCUT2D eigenvalue weighted by atomic mass is 9.87. The zero-order valence-electron chi connectivity index (χ0n) is 19.1. The monoisotopic (exact) mass is 478 g/mol. The average molecular weight is 479 g/mol. The van der Waals surface area contributed by atoms with Gasteiger partial charge in [0.15, 0.2) is 0 Å². The summed E-state index contributed by atoms with van der Waals surface area (Å²) in [5.74, 6) is -0.259. The molecule has 0 aromatic heterocycles. The molecule has 0 radical (unpaired) electrons. The van der Waals surface area contributed by atoms with Gasteiger partial charge in [0, 0.05) is 25.5 Å². The molecule has 2 aromatic rings. The molecule has 0 fully saturated rings. The van der Waals surface area contributed by atoms with Crippen LogP contribution in [0.2, 0.25) is 0 Å². The second-order valence-corrected chi connectivity index (χ2v) is 9.77. The van der Waals surface area contributed by atoms with Crippen molar-refractivity contribution < 1.29 is 18.1 Å². The number of nitrogens with one attached hydrogen (secondary N) is 1. The van der Waals surface area contributed by atoms with Crippen molar-refractivity contribution in [1.29, 1.82) is 0 Å². The summed E-state index contributed by atoms with van der Waals surface area (Å²) < 4.78 is 19.2. The summed E-state index contributed by atoms with van der Waals surface area (Å²) in [6.07, 6.45) is 1.83. The number of anilines is 1. The highest BCUT2D eigenvalue weighted by atomic mass is 35.5. The third kappa shape index (κ3) is 5.86. The molecule has 6 nitrogen and oxygen atoms in total. The number of carbonyl (C=O) groups excluding carboxylic acids is 1. The summed E-state index contributed by atoms with van der Waals surface area (Å²) >= 11 is 0. The maximum atomic E-state index is 11.7. The predicted molar refractivity (Wildman–Crippen MR) is 134 cm³/mol. The van der Waals surface area contributed by atoms with Crippen LogP contribution < -0.4 is 11.1 Å². The second kappa shape index (κ2) is 13.5. The van der Waals surface area contributed by atoms with E-state index in [2.05, 4.69) is 24.0 Å². The Morgan fingerprint density at radius 2 is 1.47 bits per heavy atom. The zero-order valence-corrected chi connectivity index (χ0v) is 21.0. The van der Waals surface area contributed by atoms with Gasteiger partial charge in [0.25, 0.3) is 0 Å². The van der Waals surface area contributed by atoms with Gasteiger partial charge in [-0.1, -0.05) is 49.0 Å². The van der Waals surface area contributed by atoms with Crippen LogP contribution in [0.3, 0.4) is 0 Å². The maximum absolute atomic E-state index is 11.7. The molecule has 0 aliphatic carbocycles. The molecule has 0 spiro atoms. The van der Waals surface area contributed by atoms with E-state index < -0.39 is 13.8 Å². The van der Waals surface area contributed by atoms with Crippen LogP contribution in [0.25, 0.3) is 0 Å². The Bertz CT molecular complexity index is 819. The Labute approximate surface area is 198 Å². The maximum Gasteiger partial charge on any atom is 0.516 e. The molecule has 0 saturated carbocycles. The molecule has 2 aromatic carbocycles. The van der Waals surface area contributed by atoms with Crippen LogP contribution in [-0.4, -0.2) is 41.1 Å². The Morgan fingerprint density at radius 3 is 1.91 bits per heavy atom. The minimum absolute atomic E-state index is 0. The minimum Gasteiger partial charge on any atom is -0.373 e. The lowest BCUT2D eigenvalue weighted by Crippen LogP contribution is -2.64. The first-order valence-corrected chi connectivity index (χ1v) is 12.5.